The van der Waals surface area contributed by atoms with E-state index in [1.54, 1.807) is 14.2 Å². The summed E-state index contributed by atoms with van der Waals surface area (Å²) in [6.07, 6.45) is 4.94. The highest BCUT2D eigenvalue weighted by Gasteiger charge is 2.26. The molecule has 0 amide bonds. The van der Waals surface area contributed by atoms with E-state index in [2.05, 4.69) is 40.2 Å². The second kappa shape index (κ2) is 5.19. The van der Waals surface area contributed by atoms with E-state index in [0.717, 1.165) is 29.3 Å². The van der Waals surface area contributed by atoms with Gasteiger partial charge in [0.1, 0.15) is 5.82 Å². The number of pyridine rings is 1. The normalized spacial score (nSPS) is 16.2. The van der Waals surface area contributed by atoms with E-state index in [9.17, 15) is 0 Å². The SMILES string of the molecule is COc1cc2c(C3Cc4cccnc4N3)cn(C)c2cc1OC. The van der Waals surface area contributed by atoms with Crippen LogP contribution in [0.25, 0.3) is 10.9 Å². The minimum absolute atomic E-state index is 0.224. The Bertz CT molecular complexity index is 860. The van der Waals surface area contributed by atoms with Gasteiger partial charge in [-0.25, -0.2) is 4.98 Å². The third-order valence-corrected chi connectivity index (χ3v) is 4.53. The van der Waals surface area contributed by atoms with Gasteiger partial charge in [-0.3, -0.25) is 0 Å². The number of benzene rings is 1. The number of methoxy groups -OCH3 is 2. The van der Waals surface area contributed by atoms with Gasteiger partial charge in [-0.1, -0.05) is 6.07 Å². The second-order valence-corrected chi connectivity index (χ2v) is 5.83. The monoisotopic (exact) mass is 309 g/mol. The van der Waals surface area contributed by atoms with Crippen molar-refractivity contribution in [1.82, 2.24) is 9.55 Å². The second-order valence-electron chi connectivity index (χ2n) is 5.83. The quantitative estimate of drug-likeness (QED) is 0.806. The van der Waals surface area contributed by atoms with Gasteiger partial charge in [-0.05, 0) is 17.7 Å². The number of hydrogen-bond acceptors (Lipinski definition) is 4. The van der Waals surface area contributed by atoms with Crippen molar-refractivity contribution in [3.05, 3.63) is 47.8 Å². The van der Waals surface area contributed by atoms with E-state index in [-0.39, 0.29) is 6.04 Å². The van der Waals surface area contributed by atoms with Crippen LogP contribution in [0.15, 0.2) is 36.7 Å². The fraction of sp³-hybridized carbons (Fsp3) is 0.278. The first kappa shape index (κ1) is 13.9. The molecular formula is C18H19N3O2. The molecule has 5 heteroatoms. The zero-order valence-electron chi connectivity index (χ0n) is 13.5. The zero-order chi connectivity index (χ0) is 16.0. The Morgan fingerprint density at radius 3 is 2.74 bits per heavy atom. The molecule has 3 aromatic rings. The van der Waals surface area contributed by atoms with E-state index in [1.165, 1.54) is 16.5 Å². The molecule has 3 heterocycles. The van der Waals surface area contributed by atoms with Crippen molar-refractivity contribution >= 4 is 16.7 Å². The fourth-order valence-electron chi connectivity index (χ4n) is 3.37. The van der Waals surface area contributed by atoms with Crippen molar-refractivity contribution in [2.75, 3.05) is 19.5 Å². The highest BCUT2D eigenvalue weighted by Crippen LogP contribution is 2.40. The highest BCUT2D eigenvalue weighted by molar-refractivity contribution is 5.88. The van der Waals surface area contributed by atoms with E-state index < -0.39 is 0 Å². The van der Waals surface area contributed by atoms with Crippen LogP contribution in [0, 0.1) is 0 Å². The van der Waals surface area contributed by atoms with Crippen molar-refractivity contribution in [2.24, 2.45) is 7.05 Å². The average Bonchev–Trinajstić information content (AvgIpc) is 3.14. The van der Waals surface area contributed by atoms with Gasteiger partial charge in [-0.2, -0.15) is 0 Å². The van der Waals surface area contributed by atoms with Crippen LogP contribution in [-0.2, 0) is 13.5 Å². The molecule has 2 aromatic heterocycles. The van der Waals surface area contributed by atoms with Crippen molar-refractivity contribution in [3.8, 4) is 11.5 Å². The number of anilines is 1. The van der Waals surface area contributed by atoms with Crippen LogP contribution < -0.4 is 14.8 Å². The van der Waals surface area contributed by atoms with Crippen LogP contribution in [0.1, 0.15) is 17.2 Å². The van der Waals surface area contributed by atoms with Crippen molar-refractivity contribution in [1.29, 1.82) is 0 Å². The van der Waals surface area contributed by atoms with Crippen LogP contribution in [0.2, 0.25) is 0 Å². The molecule has 118 valence electrons. The van der Waals surface area contributed by atoms with Gasteiger partial charge in [0, 0.05) is 42.9 Å². The Morgan fingerprint density at radius 2 is 2.00 bits per heavy atom. The molecule has 1 aliphatic rings. The van der Waals surface area contributed by atoms with Gasteiger partial charge in [0.05, 0.1) is 25.8 Å². The number of fused-ring (bicyclic) bond motifs is 2. The lowest BCUT2D eigenvalue weighted by Gasteiger charge is -2.12. The number of nitrogens with zero attached hydrogens (tertiary/aromatic N) is 2. The maximum Gasteiger partial charge on any atom is 0.162 e. The average molecular weight is 309 g/mol. The molecule has 1 aliphatic heterocycles. The van der Waals surface area contributed by atoms with Gasteiger partial charge >= 0.3 is 0 Å². The Hall–Kier alpha value is -2.69. The third-order valence-electron chi connectivity index (χ3n) is 4.53. The summed E-state index contributed by atoms with van der Waals surface area (Å²) in [6.45, 7) is 0. The van der Waals surface area contributed by atoms with Crippen molar-refractivity contribution < 1.29 is 9.47 Å². The van der Waals surface area contributed by atoms with Crippen molar-refractivity contribution in [2.45, 2.75) is 12.5 Å². The lowest BCUT2D eigenvalue weighted by Crippen LogP contribution is -2.05. The number of ether oxygens (including phenoxy) is 2. The van der Waals surface area contributed by atoms with Crippen LogP contribution in [0.3, 0.4) is 0 Å². The number of aryl methyl sites for hydroxylation is 1. The Morgan fingerprint density at radius 1 is 1.22 bits per heavy atom. The van der Waals surface area contributed by atoms with Gasteiger partial charge in [0.25, 0.3) is 0 Å². The molecule has 1 N–H and O–H groups in total. The lowest BCUT2D eigenvalue weighted by atomic mass is 10.0. The van der Waals surface area contributed by atoms with Crippen LogP contribution in [-0.4, -0.2) is 23.8 Å². The Kier molecular flexibility index (Phi) is 3.15. The molecular weight excluding hydrogens is 290 g/mol. The van der Waals surface area contributed by atoms with Crippen LogP contribution in [0.5, 0.6) is 11.5 Å². The van der Waals surface area contributed by atoms with E-state index in [1.807, 2.05) is 18.3 Å². The fourth-order valence-corrected chi connectivity index (χ4v) is 3.37. The summed E-state index contributed by atoms with van der Waals surface area (Å²) >= 11 is 0. The first-order chi connectivity index (χ1) is 11.2. The van der Waals surface area contributed by atoms with E-state index in [0.29, 0.717) is 0 Å². The molecule has 0 radical (unpaired) electrons. The van der Waals surface area contributed by atoms with Crippen LogP contribution in [0.4, 0.5) is 5.82 Å². The highest BCUT2D eigenvalue weighted by atomic mass is 16.5. The van der Waals surface area contributed by atoms with E-state index >= 15 is 0 Å². The summed E-state index contributed by atoms with van der Waals surface area (Å²) in [5.41, 5.74) is 3.64. The number of hydrogen-bond donors (Lipinski definition) is 1. The van der Waals surface area contributed by atoms with Gasteiger partial charge in [0.15, 0.2) is 11.5 Å². The summed E-state index contributed by atoms with van der Waals surface area (Å²) in [5, 5.41) is 4.70. The van der Waals surface area contributed by atoms with Crippen LogP contribution >= 0.6 is 0 Å². The summed E-state index contributed by atoms with van der Waals surface area (Å²) in [5.74, 6) is 2.48. The third kappa shape index (κ3) is 2.11. The number of rotatable bonds is 3. The largest absolute Gasteiger partial charge is 0.493 e. The minimum Gasteiger partial charge on any atom is -0.493 e. The Labute approximate surface area is 134 Å². The molecule has 0 saturated heterocycles. The van der Waals surface area contributed by atoms with Gasteiger partial charge < -0.3 is 19.4 Å². The molecule has 1 aromatic carbocycles. The molecule has 1 atom stereocenters. The predicted molar refractivity (Wildman–Crippen MR) is 90.3 cm³/mol. The molecule has 1 unspecified atom stereocenters. The van der Waals surface area contributed by atoms with Gasteiger partial charge in [0.2, 0.25) is 0 Å². The molecule has 23 heavy (non-hydrogen) atoms. The Balaban J connectivity index is 1.82. The maximum atomic E-state index is 5.47. The summed E-state index contributed by atoms with van der Waals surface area (Å²) < 4.78 is 13.0. The summed E-state index contributed by atoms with van der Waals surface area (Å²) in [6, 6.07) is 8.42. The number of nitrogens with one attached hydrogen (secondary N) is 1. The summed E-state index contributed by atoms with van der Waals surface area (Å²) in [4.78, 5) is 4.42. The molecule has 0 spiro atoms. The molecule has 0 aliphatic carbocycles. The molecule has 4 rings (SSSR count). The topological polar surface area (TPSA) is 48.3 Å². The molecule has 0 bridgehead atoms. The zero-order valence-corrected chi connectivity index (χ0v) is 13.5. The van der Waals surface area contributed by atoms with Gasteiger partial charge in [-0.15, -0.1) is 0 Å². The number of aromatic nitrogens is 2. The molecule has 0 fully saturated rings. The first-order valence-electron chi connectivity index (χ1n) is 7.62. The van der Waals surface area contributed by atoms with Crippen molar-refractivity contribution in [3.63, 3.8) is 0 Å². The summed E-state index contributed by atoms with van der Waals surface area (Å²) in [7, 11) is 5.38. The standard InChI is InChI=1S/C18H19N3O2/c1-21-10-13(14-7-11-5-4-6-19-18(11)20-14)12-8-16(22-2)17(23-3)9-15(12)21/h4-6,8-10,14H,7H2,1-3H3,(H,19,20). The molecule has 5 nitrogen and oxygen atoms in total. The minimum atomic E-state index is 0.224. The first-order valence-corrected chi connectivity index (χ1v) is 7.62. The predicted octanol–water partition coefficient (Wildman–Crippen LogP) is 3.30. The maximum absolute atomic E-state index is 5.47. The lowest BCUT2D eigenvalue weighted by molar-refractivity contribution is 0.355. The van der Waals surface area contributed by atoms with E-state index in [4.69, 9.17) is 9.47 Å². The smallest absolute Gasteiger partial charge is 0.162 e. The molecule has 0 saturated carbocycles.